The van der Waals surface area contributed by atoms with Gasteiger partial charge in [-0.2, -0.15) is 0 Å². The van der Waals surface area contributed by atoms with Gasteiger partial charge in [-0.05, 0) is 18.2 Å². The largest absolute Gasteiger partial charge is 0.493 e. The first-order chi connectivity index (χ1) is 12.2. The van der Waals surface area contributed by atoms with Gasteiger partial charge in [0.15, 0.2) is 6.61 Å². The molecule has 0 saturated heterocycles. The third-order valence-electron chi connectivity index (χ3n) is 3.16. The molecular weight excluding hydrogens is 388 g/mol. The molecule has 11 heteroatoms. The van der Waals surface area contributed by atoms with E-state index in [1.54, 1.807) is 0 Å². The van der Waals surface area contributed by atoms with E-state index in [1.165, 1.54) is 32.3 Å². The molecule has 0 unspecified atom stereocenters. The number of hydrogen-bond acceptors (Lipinski definition) is 7. The van der Waals surface area contributed by atoms with Crippen molar-refractivity contribution in [2.75, 3.05) is 39.2 Å². The van der Waals surface area contributed by atoms with Crippen molar-refractivity contribution in [1.29, 1.82) is 0 Å². The van der Waals surface area contributed by atoms with Gasteiger partial charge in [0.1, 0.15) is 24.4 Å². The Labute approximate surface area is 155 Å². The van der Waals surface area contributed by atoms with Crippen molar-refractivity contribution in [3.05, 3.63) is 35.2 Å². The molecule has 1 aromatic carbocycles. The van der Waals surface area contributed by atoms with Crippen LogP contribution >= 0.6 is 11.6 Å². The molecule has 1 N–H and O–H groups in total. The molecule has 1 aliphatic rings. The van der Waals surface area contributed by atoms with Crippen molar-refractivity contribution in [2.45, 2.75) is 4.90 Å². The van der Waals surface area contributed by atoms with Gasteiger partial charge >= 0.3 is 5.97 Å². The van der Waals surface area contributed by atoms with Crippen LogP contribution in [0.25, 0.3) is 0 Å². The van der Waals surface area contributed by atoms with Gasteiger partial charge in [0.05, 0.1) is 5.02 Å². The summed E-state index contributed by atoms with van der Waals surface area (Å²) in [7, 11) is -1.05. The maximum Gasteiger partial charge on any atom is 0.377 e. The number of hydrogen-bond donors (Lipinski definition) is 1. The van der Waals surface area contributed by atoms with Crippen LogP contribution in [0.4, 0.5) is 5.69 Å². The number of sulfonamides is 1. The Morgan fingerprint density at radius 3 is 2.65 bits per heavy atom. The van der Waals surface area contributed by atoms with Gasteiger partial charge in [0, 0.05) is 19.8 Å². The summed E-state index contributed by atoms with van der Waals surface area (Å²) in [6.45, 7) is -0.0506. The third-order valence-corrected chi connectivity index (χ3v) is 5.45. The summed E-state index contributed by atoms with van der Waals surface area (Å²) in [4.78, 5) is 23.4. The summed E-state index contributed by atoms with van der Waals surface area (Å²) < 4.78 is 40.2. The first kappa shape index (κ1) is 20.0. The smallest absolute Gasteiger partial charge is 0.377 e. The summed E-state index contributed by atoms with van der Waals surface area (Å²) in [5.41, 5.74) is 0.187. The summed E-state index contributed by atoms with van der Waals surface area (Å²) in [6, 6.07) is 3.99. The number of esters is 1. The summed E-state index contributed by atoms with van der Waals surface area (Å²) in [5.74, 6) is -1.63. The molecule has 9 nitrogen and oxygen atoms in total. The molecule has 0 fully saturated rings. The molecule has 1 heterocycles. The molecule has 1 aromatic rings. The Kier molecular flexibility index (Phi) is 6.46. The zero-order valence-electron chi connectivity index (χ0n) is 14.0. The van der Waals surface area contributed by atoms with Crippen LogP contribution in [0.2, 0.25) is 5.02 Å². The lowest BCUT2D eigenvalue weighted by molar-refractivity contribution is -0.148. The van der Waals surface area contributed by atoms with Crippen LogP contribution in [0.3, 0.4) is 0 Å². The molecule has 2 rings (SSSR count). The number of rotatable bonds is 6. The highest BCUT2D eigenvalue weighted by Crippen LogP contribution is 2.26. The van der Waals surface area contributed by atoms with Gasteiger partial charge in [-0.25, -0.2) is 17.5 Å². The monoisotopic (exact) mass is 404 g/mol. The van der Waals surface area contributed by atoms with Crippen LogP contribution in [0.1, 0.15) is 0 Å². The number of nitrogens with one attached hydrogen (secondary N) is 1. The maximum absolute atomic E-state index is 12.2. The van der Waals surface area contributed by atoms with Crippen LogP contribution < -0.4 is 5.32 Å². The Balaban J connectivity index is 2.01. The minimum Gasteiger partial charge on any atom is -0.493 e. The molecule has 0 spiro atoms. The van der Waals surface area contributed by atoms with E-state index in [2.05, 4.69) is 5.32 Å². The number of carbonyl (C=O) groups is 2. The Hall–Kier alpha value is -2.30. The van der Waals surface area contributed by atoms with E-state index >= 15 is 0 Å². The van der Waals surface area contributed by atoms with E-state index in [0.29, 0.717) is 6.61 Å². The topological polar surface area (TPSA) is 111 Å². The lowest BCUT2D eigenvalue weighted by atomic mass is 10.3. The van der Waals surface area contributed by atoms with Crippen molar-refractivity contribution in [2.24, 2.45) is 0 Å². The molecule has 0 saturated carbocycles. The second-order valence-corrected chi connectivity index (χ2v) is 7.79. The number of benzene rings is 1. The van der Waals surface area contributed by atoms with Crippen LogP contribution in [0.15, 0.2) is 35.1 Å². The first-order valence-corrected chi connectivity index (χ1v) is 9.17. The van der Waals surface area contributed by atoms with Crippen molar-refractivity contribution < 1.29 is 32.2 Å². The number of anilines is 1. The van der Waals surface area contributed by atoms with Gasteiger partial charge < -0.3 is 19.5 Å². The Bertz CT molecular complexity index is 836. The predicted molar refractivity (Wildman–Crippen MR) is 91.9 cm³/mol. The van der Waals surface area contributed by atoms with Gasteiger partial charge in [0.2, 0.25) is 15.8 Å². The normalized spacial score (nSPS) is 14.1. The van der Waals surface area contributed by atoms with Crippen molar-refractivity contribution in [1.82, 2.24) is 4.31 Å². The van der Waals surface area contributed by atoms with Crippen LogP contribution in [-0.2, 0) is 33.8 Å². The zero-order chi connectivity index (χ0) is 19.3. The quantitative estimate of drug-likeness (QED) is 0.703. The second kappa shape index (κ2) is 8.39. The molecule has 0 aliphatic carbocycles. The summed E-state index contributed by atoms with van der Waals surface area (Å²) in [6.07, 6.45) is 1.11. The van der Waals surface area contributed by atoms with E-state index in [9.17, 15) is 18.0 Å². The molecular formula is C15H17ClN2O7S. The van der Waals surface area contributed by atoms with Gasteiger partial charge in [-0.1, -0.05) is 11.6 Å². The minimum absolute atomic E-state index is 0.0181. The molecule has 0 atom stereocenters. The fourth-order valence-corrected chi connectivity index (χ4v) is 3.24. The number of halogens is 1. The van der Waals surface area contributed by atoms with Crippen LogP contribution in [0, 0.1) is 0 Å². The molecule has 1 aliphatic heterocycles. The highest BCUT2D eigenvalue weighted by molar-refractivity contribution is 7.89. The zero-order valence-corrected chi connectivity index (χ0v) is 15.6. The summed E-state index contributed by atoms with van der Waals surface area (Å²) in [5, 5.41) is 2.45. The van der Waals surface area contributed by atoms with Gasteiger partial charge in [-0.3, -0.25) is 4.79 Å². The fourth-order valence-electron chi connectivity index (χ4n) is 1.85. The summed E-state index contributed by atoms with van der Waals surface area (Å²) >= 11 is 5.93. The lowest BCUT2D eigenvalue weighted by Crippen LogP contribution is -2.24. The lowest BCUT2D eigenvalue weighted by Gasteiger charge is -2.15. The molecule has 0 bridgehead atoms. The average Bonchev–Trinajstić information content (AvgIpc) is 2.61. The predicted octanol–water partition coefficient (Wildman–Crippen LogP) is 0.960. The van der Waals surface area contributed by atoms with E-state index in [4.69, 9.17) is 25.8 Å². The standard InChI is InChI=1S/C15H17ClN2O7S/c1-18(2)26(21,22)13-7-10(3-4-11(13)16)17-14(19)9-25-15(20)12-8-23-5-6-24-12/h3-4,7-8H,5-6,9H2,1-2H3,(H,17,19). The van der Waals surface area contributed by atoms with Crippen molar-refractivity contribution in [3.63, 3.8) is 0 Å². The second-order valence-electron chi connectivity index (χ2n) is 5.26. The molecule has 26 heavy (non-hydrogen) atoms. The molecule has 0 radical (unpaired) electrons. The average molecular weight is 405 g/mol. The Morgan fingerprint density at radius 2 is 2.04 bits per heavy atom. The van der Waals surface area contributed by atoms with Gasteiger partial charge in [0.25, 0.3) is 5.91 Å². The van der Waals surface area contributed by atoms with E-state index in [0.717, 1.165) is 10.6 Å². The third kappa shape index (κ3) is 4.87. The highest BCUT2D eigenvalue weighted by atomic mass is 35.5. The first-order valence-electron chi connectivity index (χ1n) is 7.35. The highest BCUT2D eigenvalue weighted by Gasteiger charge is 2.22. The Morgan fingerprint density at radius 1 is 1.31 bits per heavy atom. The number of carbonyl (C=O) groups excluding carboxylic acids is 2. The molecule has 142 valence electrons. The number of ether oxygens (including phenoxy) is 3. The minimum atomic E-state index is -3.78. The SMILES string of the molecule is CN(C)S(=O)(=O)c1cc(NC(=O)COC(=O)C2=COCCO2)ccc1Cl. The molecule has 0 aromatic heterocycles. The van der Waals surface area contributed by atoms with Crippen LogP contribution in [-0.4, -0.2) is 58.5 Å². The van der Waals surface area contributed by atoms with Crippen LogP contribution in [0.5, 0.6) is 0 Å². The van der Waals surface area contributed by atoms with E-state index in [1.807, 2.05) is 0 Å². The van der Waals surface area contributed by atoms with E-state index < -0.39 is 28.5 Å². The number of nitrogens with zero attached hydrogens (tertiary/aromatic N) is 1. The number of amides is 1. The van der Waals surface area contributed by atoms with Crippen molar-refractivity contribution in [3.8, 4) is 0 Å². The maximum atomic E-state index is 12.2. The fraction of sp³-hybridized carbons (Fsp3) is 0.333. The van der Waals surface area contributed by atoms with Gasteiger partial charge in [-0.15, -0.1) is 0 Å². The van der Waals surface area contributed by atoms with E-state index in [-0.39, 0.29) is 28.0 Å². The van der Waals surface area contributed by atoms with Crippen molar-refractivity contribution >= 4 is 39.2 Å². The molecule has 1 amide bonds.